The molecule has 1 aliphatic heterocycles. The van der Waals surface area contributed by atoms with Crippen LogP contribution in [0.15, 0.2) is 6.07 Å². The molecule has 1 N–H and O–H groups in total. The van der Waals surface area contributed by atoms with E-state index in [0.29, 0.717) is 0 Å². The lowest BCUT2D eigenvalue weighted by molar-refractivity contribution is 0.376. The van der Waals surface area contributed by atoms with Crippen LogP contribution in [0.3, 0.4) is 0 Å². The first-order chi connectivity index (χ1) is 8.15. The Labute approximate surface area is 103 Å². The summed E-state index contributed by atoms with van der Waals surface area (Å²) in [5.74, 6) is 1.63. The summed E-state index contributed by atoms with van der Waals surface area (Å²) >= 11 is 0. The number of aryl methyl sites for hydroxylation is 2. The zero-order valence-electron chi connectivity index (χ0n) is 11.0. The van der Waals surface area contributed by atoms with Gasteiger partial charge in [-0.2, -0.15) is 0 Å². The molecule has 0 radical (unpaired) electrons. The molecule has 2 heterocycles. The van der Waals surface area contributed by atoms with Gasteiger partial charge < -0.3 is 10.2 Å². The van der Waals surface area contributed by atoms with Crippen molar-refractivity contribution in [1.82, 2.24) is 15.3 Å². The summed E-state index contributed by atoms with van der Waals surface area (Å²) in [5.41, 5.74) is 2.09. The van der Waals surface area contributed by atoms with Crippen molar-refractivity contribution in [2.45, 2.75) is 26.7 Å². The topological polar surface area (TPSA) is 41.1 Å². The number of nitrogens with one attached hydrogen (secondary N) is 1. The second kappa shape index (κ2) is 5.45. The van der Waals surface area contributed by atoms with E-state index in [1.54, 1.807) is 0 Å². The Morgan fingerprint density at radius 2 is 1.82 bits per heavy atom. The third-order valence-corrected chi connectivity index (χ3v) is 3.30. The van der Waals surface area contributed by atoms with Gasteiger partial charge in [-0.15, -0.1) is 0 Å². The molecule has 1 saturated heterocycles. The van der Waals surface area contributed by atoms with E-state index in [4.69, 9.17) is 0 Å². The molecular formula is C13H22N4. The number of hydrogen-bond acceptors (Lipinski definition) is 4. The minimum Gasteiger partial charge on any atom is -0.344 e. The van der Waals surface area contributed by atoms with Crippen LogP contribution in [0.2, 0.25) is 0 Å². The first-order valence-corrected chi connectivity index (χ1v) is 6.39. The molecule has 94 valence electrons. The molecule has 4 heteroatoms. The molecule has 4 nitrogen and oxygen atoms in total. The second-order valence-electron chi connectivity index (χ2n) is 5.02. The van der Waals surface area contributed by atoms with Gasteiger partial charge in [0.25, 0.3) is 0 Å². The zero-order valence-corrected chi connectivity index (χ0v) is 11.0. The van der Waals surface area contributed by atoms with Gasteiger partial charge in [-0.3, -0.25) is 0 Å². The average Bonchev–Trinajstić information content (AvgIpc) is 2.29. The molecule has 1 aliphatic rings. The fraction of sp³-hybridized carbons (Fsp3) is 0.692. The molecule has 0 saturated carbocycles. The number of piperidine rings is 1. The molecule has 0 bridgehead atoms. The number of rotatable bonds is 3. The van der Waals surface area contributed by atoms with E-state index >= 15 is 0 Å². The van der Waals surface area contributed by atoms with Crippen LogP contribution in [0.5, 0.6) is 0 Å². The van der Waals surface area contributed by atoms with Gasteiger partial charge in [0, 0.05) is 25.0 Å². The highest BCUT2D eigenvalue weighted by Crippen LogP contribution is 2.16. The van der Waals surface area contributed by atoms with Crippen LogP contribution in [0.25, 0.3) is 0 Å². The maximum absolute atomic E-state index is 4.50. The van der Waals surface area contributed by atoms with Gasteiger partial charge in [-0.25, -0.2) is 9.97 Å². The molecule has 1 fully saturated rings. The molecule has 0 atom stereocenters. The van der Waals surface area contributed by atoms with Crippen LogP contribution in [0.1, 0.15) is 24.2 Å². The Hall–Kier alpha value is -1.16. The summed E-state index contributed by atoms with van der Waals surface area (Å²) in [6.07, 6.45) is 2.52. The SMILES string of the molecule is Cc1cc(C)nc(N(C)CC2CCNCC2)n1. The molecule has 0 amide bonds. The summed E-state index contributed by atoms with van der Waals surface area (Å²) in [6, 6.07) is 2.02. The molecule has 0 unspecified atom stereocenters. The number of nitrogens with zero attached hydrogens (tertiary/aromatic N) is 3. The van der Waals surface area contributed by atoms with E-state index in [-0.39, 0.29) is 0 Å². The Bertz CT molecular complexity index is 351. The molecule has 1 aromatic rings. The summed E-state index contributed by atoms with van der Waals surface area (Å²) in [4.78, 5) is 11.2. The first kappa shape index (κ1) is 12.3. The van der Waals surface area contributed by atoms with E-state index in [0.717, 1.165) is 42.9 Å². The number of anilines is 1. The molecule has 1 aromatic heterocycles. The Kier molecular flexibility index (Phi) is 3.94. The summed E-state index contributed by atoms with van der Waals surface area (Å²) in [6.45, 7) is 7.40. The van der Waals surface area contributed by atoms with Gasteiger partial charge in [0.2, 0.25) is 5.95 Å². The molecule has 0 aromatic carbocycles. The quantitative estimate of drug-likeness (QED) is 0.861. The number of hydrogen-bond donors (Lipinski definition) is 1. The van der Waals surface area contributed by atoms with Crippen molar-refractivity contribution >= 4 is 5.95 Å². The smallest absolute Gasteiger partial charge is 0.225 e. The van der Waals surface area contributed by atoms with Gasteiger partial charge in [0.15, 0.2) is 0 Å². The standard InChI is InChI=1S/C13H22N4/c1-10-8-11(2)16-13(15-10)17(3)9-12-4-6-14-7-5-12/h8,12,14H,4-7,9H2,1-3H3. The van der Waals surface area contributed by atoms with Crippen molar-refractivity contribution < 1.29 is 0 Å². The van der Waals surface area contributed by atoms with Crippen molar-refractivity contribution in [3.8, 4) is 0 Å². The monoisotopic (exact) mass is 234 g/mol. The number of aromatic nitrogens is 2. The van der Waals surface area contributed by atoms with E-state index in [9.17, 15) is 0 Å². The lowest BCUT2D eigenvalue weighted by Crippen LogP contribution is -2.35. The van der Waals surface area contributed by atoms with Crippen molar-refractivity contribution in [2.24, 2.45) is 5.92 Å². The molecule has 17 heavy (non-hydrogen) atoms. The van der Waals surface area contributed by atoms with E-state index in [1.807, 2.05) is 19.9 Å². The maximum atomic E-state index is 4.50. The highest BCUT2D eigenvalue weighted by Gasteiger charge is 2.16. The van der Waals surface area contributed by atoms with Crippen LogP contribution in [-0.2, 0) is 0 Å². The van der Waals surface area contributed by atoms with Gasteiger partial charge in [-0.05, 0) is 51.8 Å². The normalized spacial score (nSPS) is 17.1. The zero-order chi connectivity index (χ0) is 12.3. The van der Waals surface area contributed by atoms with E-state index in [1.165, 1.54) is 12.8 Å². The van der Waals surface area contributed by atoms with E-state index < -0.39 is 0 Å². The third-order valence-electron chi connectivity index (χ3n) is 3.30. The molecule has 0 aliphatic carbocycles. The van der Waals surface area contributed by atoms with Crippen LogP contribution < -0.4 is 10.2 Å². The van der Waals surface area contributed by atoms with Crippen molar-refractivity contribution in [1.29, 1.82) is 0 Å². The third kappa shape index (κ3) is 3.40. The second-order valence-corrected chi connectivity index (χ2v) is 5.02. The highest BCUT2D eigenvalue weighted by atomic mass is 15.2. The van der Waals surface area contributed by atoms with Gasteiger partial charge in [-0.1, -0.05) is 0 Å². The van der Waals surface area contributed by atoms with Crippen molar-refractivity contribution in [3.05, 3.63) is 17.5 Å². The average molecular weight is 234 g/mol. The minimum absolute atomic E-state index is 0.769. The highest BCUT2D eigenvalue weighted by molar-refractivity contribution is 5.30. The Morgan fingerprint density at radius 3 is 2.41 bits per heavy atom. The van der Waals surface area contributed by atoms with Crippen LogP contribution in [0, 0.1) is 19.8 Å². The van der Waals surface area contributed by atoms with E-state index in [2.05, 4.69) is 27.2 Å². The fourth-order valence-corrected chi connectivity index (χ4v) is 2.41. The predicted molar refractivity (Wildman–Crippen MR) is 70.4 cm³/mol. The van der Waals surface area contributed by atoms with Gasteiger partial charge >= 0.3 is 0 Å². The lowest BCUT2D eigenvalue weighted by Gasteiger charge is -2.27. The van der Waals surface area contributed by atoms with Crippen LogP contribution in [-0.4, -0.2) is 36.6 Å². The molecule has 0 spiro atoms. The first-order valence-electron chi connectivity index (χ1n) is 6.39. The van der Waals surface area contributed by atoms with Crippen LogP contribution >= 0.6 is 0 Å². The maximum Gasteiger partial charge on any atom is 0.225 e. The van der Waals surface area contributed by atoms with Crippen molar-refractivity contribution in [2.75, 3.05) is 31.6 Å². The lowest BCUT2D eigenvalue weighted by atomic mass is 9.98. The molecule has 2 rings (SSSR count). The fourth-order valence-electron chi connectivity index (χ4n) is 2.41. The predicted octanol–water partition coefficient (Wildman–Crippen LogP) is 1.53. The summed E-state index contributed by atoms with van der Waals surface area (Å²) in [7, 11) is 2.09. The van der Waals surface area contributed by atoms with Crippen LogP contribution in [0.4, 0.5) is 5.95 Å². The largest absolute Gasteiger partial charge is 0.344 e. The van der Waals surface area contributed by atoms with Gasteiger partial charge in [0.1, 0.15) is 0 Å². The summed E-state index contributed by atoms with van der Waals surface area (Å²) in [5, 5.41) is 3.40. The molecular weight excluding hydrogens is 212 g/mol. The minimum atomic E-state index is 0.769. The van der Waals surface area contributed by atoms with Gasteiger partial charge in [0.05, 0.1) is 0 Å². The summed E-state index contributed by atoms with van der Waals surface area (Å²) < 4.78 is 0. The van der Waals surface area contributed by atoms with Crippen molar-refractivity contribution in [3.63, 3.8) is 0 Å². The Balaban J connectivity index is 2.00. The Morgan fingerprint density at radius 1 is 1.24 bits per heavy atom.